The molecule has 294 valence electrons. The number of anilines is 9. The minimum Gasteiger partial charge on any atom is -0.310 e. The molecule has 0 bridgehead atoms. The molecule has 3 nitrogen and oxygen atoms in total. The summed E-state index contributed by atoms with van der Waals surface area (Å²) in [5, 5.41) is 2.45. The average Bonchev–Trinajstić information content (AvgIpc) is 3.30. The molecule has 2 aliphatic heterocycles. The highest BCUT2D eigenvalue weighted by Crippen LogP contribution is 2.61. The van der Waals surface area contributed by atoms with Crippen LogP contribution in [0.5, 0.6) is 0 Å². The van der Waals surface area contributed by atoms with E-state index in [1.807, 2.05) is 0 Å². The van der Waals surface area contributed by atoms with Crippen LogP contribution in [0.3, 0.4) is 0 Å². The Morgan fingerprint density at radius 3 is 1.49 bits per heavy atom. The second kappa shape index (κ2) is 14.1. The molecular formula is C58H47N3. The predicted octanol–water partition coefficient (Wildman–Crippen LogP) is 16.2. The van der Waals surface area contributed by atoms with E-state index in [-0.39, 0.29) is 10.8 Å². The molecule has 2 aliphatic rings. The summed E-state index contributed by atoms with van der Waals surface area (Å²) in [5.74, 6) is 0. The number of rotatable bonds is 7. The quantitative estimate of drug-likeness (QED) is 0.159. The van der Waals surface area contributed by atoms with E-state index in [4.69, 9.17) is 0 Å². The molecule has 9 aromatic rings. The first-order chi connectivity index (χ1) is 29.8. The minimum atomic E-state index is -0.318. The second-order valence-electron chi connectivity index (χ2n) is 17.4. The van der Waals surface area contributed by atoms with Crippen LogP contribution in [-0.4, -0.2) is 0 Å². The summed E-state index contributed by atoms with van der Waals surface area (Å²) in [4.78, 5) is 7.34. The van der Waals surface area contributed by atoms with Crippen LogP contribution >= 0.6 is 0 Å². The fraction of sp³-hybridized carbons (Fsp3) is 0.103. The zero-order chi connectivity index (χ0) is 41.3. The maximum Gasteiger partial charge on any atom is 0.0545 e. The van der Waals surface area contributed by atoms with Gasteiger partial charge in [-0.2, -0.15) is 0 Å². The Morgan fingerprint density at radius 1 is 0.344 bits per heavy atom. The zero-order valence-electron chi connectivity index (χ0n) is 35.0. The Labute approximate surface area is 359 Å². The molecule has 0 aliphatic carbocycles. The molecule has 0 unspecified atom stereocenters. The van der Waals surface area contributed by atoms with E-state index >= 15 is 0 Å². The predicted molar refractivity (Wildman–Crippen MR) is 258 cm³/mol. The molecule has 0 atom stereocenters. The Morgan fingerprint density at radius 2 is 0.836 bits per heavy atom. The molecule has 2 heterocycles. The zero-order valence-corrected chi connectivity index (χ0v) is 35.0. The third kappa shape index (κ3) is 5.87. The van der Waals surface area contributed by atoms with E-state index < -0.39 is 0 Å². The highest BCUT2D eigenvalue weighted by atomic mass is 15.2. The first kappa shape index (κ1) is 36.7. The summed E-state index contributed by atoms with van der Waals surface area (Å²) in [6.07, 6.45) is 0. The molecule has 0 aromatic heterocycles. The lowest BCUT2D eigenvalue weighted by molar-refractivity contribution is 0.597. The Bertz CT molecular complexity index is 3030. The average molecular weight is 786 g/mol. The summed E-state index contributed by atoms with van der Waals surface area (Å²) < 4.78 is 0. The van der Waals surface area contributed by atoms with Crippen molar-refractivity contribution in [2.75, 3.05) is 14.7 Å². The van der Waals surface area contributed by atoms with E-state index in [2.05, 4.69) is 255 Å². The van der Waals surface area contributed by atoms with Gasteiger partial charge in [-0.25, -0.2) is 0 Å². The van der Waals surface area contributed by atoms with Crippen LogP contribution in [0.2, 0.25) is 0 Å². The molecule has 11 rings (SSSR count). The van der Waals surface area contributed by atoms with Crippen molar-refractivity contribution in [3.63, 3.8) is 0 Å². The van der Waals surface area contributed by atoms with Gasteiger partial charge in [0.1, 0.15) is 0 Å². The van der Waals surface area contributed by atoms with E-state index in [1.165, 1.54) is 61.2 Å². The molecule has 0 N–H and O–H groups in total. The fourth-order valence-electron chi connectivity index (χ4n) is 10.0. The largest absolute Gasteiger partial charge is 0.310 e. The maximum atomic E-state index is 2.56. The Kier molecular flexibility index (Phi) is 8.51. The number of para-hydroxylation sites is 4. The first-order valence-corrected chi connectivity index (χ1v) is 21.4. The van der Waals surface area contributed by atoms with Gasteiger partial charge in [-0.15, -0.1) is 0 Å². The smallest absolute Gasteiger partial charge is 0.0545 e. The van der Waals surface area contributed by atoms with Crippen molar-refractivity contribution in [3.8, 4) is 11.1 Å². The summed E-state index contributed by atoms with van der Waals surface area (Å²) in [5.41, 5.74) is 17.8. The van der Waals surface area contributed by atoms with E-state index in [0.717, 1.165) is 34.1 Å². The number of fused-ring (bicyclic) bond motifs is 5. The van der Waals surface area contributed by atoms with Crippen LogP contribution < -0.4 is 14.7 Å². The number of hydrogen-bond acceptors (Lipinski definition) is 3. The van der Waals surface area contributed by atoms with Gasteiger partial charge in [-0.05, 0) is 124 Å². The van der Waals surface area contributed by atoms with Gasteiger partial charge >= 0.3 is 0 Å². The molecule has 3 heteroatoms. The summed E-state index contributed by atoms with van der Waals surface area (Å²) in [6, 6.07) is 77.6. The molecule has 0 saturated carbocycles. The third-order valence-corrected chi connectivity index (χ3v) is 13.2. The monoisotopic (exact) mass is 785 g/mol. The topological polar surface area (TPSA) is 9.72 Å². The van der Waals surface area contributed by atoms with Crippen LogP contribution in [0.4, 0.5) is 51.2 Å². The lowest BCUT2D eigenvalue weighted by atomic mass is 9.66. The molecular weight excluding hydrogens is 739 g/mol. The summed E-state index contributed by atoms with van der Waals surface area (Å²) >= 11 is 0. The van der Waals surface area contributed by atoms with Crippen LogP contribution in [0.25, 0.3) is 21.9 Å². The molecule has 0 saturated heterocycles. The van der Waals surface area contributed by atoms with Gasteiger partial charge in [0.05, 0.1) is 22.7 Å². The maximum absolute atomic E-state index is 2.56. The highest BCUT2D eigenvalue weighted by molar-refractivity contribution is 5.99. The van der Waals surface area contributed by atoms with Crippen molar-refractivity contribution in [2.45, 2.75) is 38.5 Å². The minimum absolute atomic E-state index is 0.235. The number of benzene rings is 9. The van der Waals surface area contributed by atoms with Crippen molar-refractivity contribution in [1.82, 2.24) is 0 Å². The van der Waals surface area contributed by atoms with Crippen molar-refractivity contribution >= 4 is 62.0 Å². The normalized spacial score (nSPS) is 14.1. The van der Waals surface area contributed by atoms with Crippen LogP contribution in [0.15, 0.2) is 212 Å². The van der Waals surface area contributed by atoms with Gasteiger partial charge in [0.2, 0.25) is 0 Å². The van der Waals surface area contributed by atoms with Gasteiger partial charge < -0.3 is 14.7 Å². The van der Waals surface area contributed by atoms with E-state index in [9.17, 15) is 0 Å². The molecule has 0 amide bonds. The molecule has 61 heavy (non-hydrogen) atoms. The Hall–Kier alpha value is -7.36. The van der Waals surface area contributed by atoms with Crippen molar-refractivity contribution < 1.29 is 0 Å². The fourth-order valence-corrected chi connectivity index (χ4v) is 10.0. The van der Waals surface area contributed by atoms with Gasteiger partial charge in [0.25, 0.3) is 0 Å². The van der Waals surface area contributed by atoms with Crippen LogP contribution in [-0.2, 0) is 10.8 Å². The van der Waals surface area contributed by atoms with Crippen LogP contribution in [0, 0.1) is 0 Å². The van der Waals surface area contributed by atoms with Gasteiger partial charge in [-0.1, -0.05) is 155 Å². The molecule has 0 spiro atoms. The highest BCUT2D eigenvalue weighted by Gasteiger charge is 2.46. The Balaban J connectivity index is 1.06. The van der Waals surface area contributed by atoms with E-state index in [0.29, 0.717) is 0 Å². The summed E-state index contributed by atoms with van der Waals surface area (Å²) in [6.45, 7) is 9.62. The van der Waals surface area contributed by atoms with Crippen LogP contribution in [0.1, 0.15) is 49.9 Å². The van der Waals surface area contributed by atoms with Gasteiger partial charge in [0.15, 0.2) is 0 Å². The second-order valence-corrected chi connectivity index (χ2v) is 17.4. The molecule has 0 fully saturated rings. The van der Waals surface area contributed by atoms with E-state index in [1.54, 1.807) is 0 Å². The molecule has 9 aromatic carbocycles. The lowest BCUT2D eigenvalue weighted by Gasteiger charge is -2.50. The van der Waals surface area contributed by atoms with Gasteiger partial charge in [0, 0.05) is 44.7 Å². The SMILES string of the molecule is CC1(C)c2ccccc2N2c3ccc(-c4ccc(N(c5ccccc5)c5cccc6ccccc56)cc4)cc3C(C)(C)c3cc(N(c4ccccc4)c4ccccc4)cc1c32. The third-order valence-electron chi connectivity index (χ3n) is 13.2. The molecule has 0 radical (unpaired) electrons. The number of nitrogens with zero attached hydrogens (tertiary/aromatic N) is 3. The first-order valence-electron chi connectivity index (χ1n) is 21.4. The standard InChI is InChI=1S/C58H47N3/c1-57(2)49-28-16-17-29-54(49)61-55-36-33-42(40-31-34-46(35-32-40)60(45-25-12-7-13-26-45)53-30-18-20-41-19-14-15-27-48(41)53)37-50(55)58(3,4)52-39-47(38-51(57)56(52)61)59(43-21-8-5-9-22-43)44-23-10-6-11-24-44/h5-39H,1-4H3. The van der Waals surface area contributed by atoms with Gasteiger partial charge in [-0.3, -0.25) is 0 Å². The lowest BCUT2D eigenvalue weighted by Crippen LogP contribution is -2.38. The van der Waals surface area contributed by atoms with Crippen molar-refractivity contribution in [3.05, 3.63) is 235 Å². The van der Waals surface area contributed by atoms with Crippen molar-refractivity contribution in [2.24, 2.45) is 0 Å². The number of hydrogen-bond donors (Lipinski definition) is 0. The summed E-state index contributed by atoms with van der Waals surface area (Å²) in [7, 11) is 0. The van der Waals surface area contributed by atoms with Crippen molar-refractivity contribution in [1.29, 1.82) is 0 Å².